The molecule has 0 saturated carbocycles. The average Bonchev–Trinajstić information content (AvgIpc) is 3.14. The molecule has 0 aliphatic carbocycles. The zero-order valence-electron chi connectivity index (χ0n) is 35.0. The van der Waals surface area contributed by atoms with Gasteiger partial charge in [-0.2, -0.15) is 0 Å². The molecule has 3 aliphatic heterocycles. The molecule has 0 unspecified atom stereocenters. The van der Waals surface area contributed by atoms with E-state index in [0.717, 1.165) is 19.3 Å². The van der Waals surface area contributed by atoms with Crippen molar-refractivity contribution < 1.29 is 54.1 Å². The normalized spacial score (nSPS) is 46.1. The van der Waals surface area contributed by atoms with E-state index in [1.165, 1.54) is 39.8 Å². The molecule has 17 atom stereocenters. The molecular formula is C44H72O11. The van der Waals surface area contributed by atoms with Crippen LogP contribution in [0.25, 0.3) is 0 Å². The fourth-order valence-corrected chi connectivity index (χ4v) is 8.60. The third-order valence-electron chi connectivity index (χ3n) is 12.9. The summed E-state index contributed by atoms with van der Waals surface area (Å²) in [4.78, 5) is 40.3. The summed E-state index contributed by atoms with van der Waals surface area (Å²) >= 11 is 0. The Kier molecular flexibility index (Phi) is 17.5. The lowest BCUT2D eigenvalue weighted by atomic mass is 9.75. The van der Waals surface area contributed by atoms with E-state index in [9.17, 15) is 39.9 Å². The summed E-state index contributed by atoms with van der Waals surface area (Å²) < 4.78 is 19.7. The minimum Gasteiger partial charge on any atom is -0.459 e. The maximum absolute atomic E-state index is 13.5. The lowest BCUT2D eigenvalue weighted by Gasteiger charge is -2.52. The van der Waals surface area contributed by atoms with Crippen LogP contribution >= 0.6 is 0 Å². The van der Waals surface area contributed by atoms with E-state index in [4.69, 9.17) is 14.2 Å². The van der Waals surface area contributed by atoms with E-state index in [0.29, 0.717) is 32.1 Å². The molecule has 2 bridgehead atoms. The van der Waals surface area contributed by atoms with Crippen molar-refractivity contribution in [1.82, 2.24) is 0 Å². The first-order valence-electron chi connectivity index (χ1n) is 20.8. The maximum atomic E-state index is 13.5. The summed E-state index contributed by atoms with van der Waals surface area (Å²) in [5, 5.41) is 54.9. The summed E-state index contributed by atoms with van der Waals surface area (Å²) in [7, 11) is 0. The highest BCUT2D eigenvalue weighted by Gasteiger charge is 2.51. The Morgan fingerprint density at radius 1 is 0.836 bits per heavy atom. The lowest BCUT2D eigenvalue weighted by molar-refractivity contribution is -0.347. The van der Waals surface area contributed by atoms with Crippen LogP contribution in [0, 0.1) is 47.3 Å². The highest BCUT2D eigenvalue weighted by atomic mass is 16.7. The fraction of sp³-hybridized carbons (Fsp3) is 0.795. The highest BCUT2D eigenvalue weighted by molar-refractivity contribution is 5.91. The summed E-state index contributed by atoms with van der Waals surface area (Å²) in [5.74, 6) is -6.86. The molecule has 11 nitrogen and oxygen atoms in total. The van der Waals surface area contributed by atoms with Gasteiger partial charge in [0.05, 0.1) is 36.6 Å². The number of esters is 1. The van der Waals surface area contributed by atoms with Gasteiger partial charge in [0.25, 0.3) is 0 Å². The summed E-state index contributed by atoms with van der Waals surface area (Å²) in [6, 6.07) is 0. The third kappa shape index (κ3) is 12.1. The van der Waals surface area contributed by atoms with Crippen molar-refractivity contribution in [2.24, 2.45) is 47.3 Å². The molecule has 2 fully saturated rings. The Hall–Kier alpha value is -2.25. The molecule has 0 amide bonds. The number of ether oxygens (including phenoxy) is 3. The maximum Gasteiger partial charge on any atom is 0.330 e. The van der Waals surface area contributed by atoms with Gasteiger partial charge in [0.15, 0.2) is 11.6 Å². The highest BCUT2D eigenvalue weighted by Crippen LogP contribution is 2.46. The molecule has 11 heteroatoms. The first kappa shape index (κ1) is 47.1. The molecule has 1 spiro atoms. The van der Waals surface area contributed by atoms with Crippen LogP contribution in [0.5, 0.6) is 0 Å². The number of Topliss-reactive ketones (excluding diaryl/α,β-unsaturated/α-hetero) is 2. The van der Waals surface area contributed by atoms with Crippen LogP contribution in [0.3, 0.4) is 0 Å². The predicted molar refractivity (Wildman–Crippen MR) is 210 cm³/mol. The molecule has 3 heterocycles. The van der Waals surface area contributed by atoms with Gasteiger partial charge < -0.3 is 39.7 Å². The van der Waals surface area contributed by atoms with Crippen molar-refractivity contribution in [2.45, 2.75) is 175 Å². The molecule has 0 aromatic heterocycles. The minimum atomic E-state index is -2.18. The Balaban J connectivity index is 1.95. The van der Waals surface area contributed by atoms with E-state index in [1.807, 2.05) is 25.2 Å². The van der Waals surface area contributed by atoms with Gasteiger partial charge in [-0.1, -0.05) is 85.8 Å². The largest absolute Gasteiger partial charge is 0.459 e. The number of rotatable bonds is 3. The topological polar surface area (TPSA) is 180 Å². The number of hydrogen-bond donors (Lipinski definition) is 5. The number of carbonyl (C=O) groups excluding carboxylic acids is 3. The van der Waals surface area contributed by atoms with Gasteiger partial charge in [0.2, 0.25) is 0 Å². The quantitative estimate of drug-likeness (QED) is 0.224. The SMILES string of the molecule is CC[C@H]1/C=C/C=C/C[C@@H](C)[C@H](O)[C@@](C)(O)C(=O)[C@@H](C)[C@@H](O)[C@@H](C)C(=O)[C@@H](C)[C@H](O)[C@@H](C)/C=C/C(=O)O[C@@H]2C[C@@]3(CC[C@H](C)[C@@H](C[C@H](C)O)O3)O[C@@H](CC1)[C@H]2C. The number of allylic oxidation sites excluding steroid dienone is 4. The van der Waals surface area contributed by atoms with Gasteiger partial charge >= 0.3 is 5.97 Å². The first-order valence-corrected chi connectivity index (χ1v) is 20.8. The molecule has 5 N–H and O–H groups in total. The third-order valence-corrected chi connectivity index (χ3v) is 12.9. The fourth-order valence-electron chi connectivity index (χ4n) is 8.60. The van der Waals surface area contributed by atoms with Crippen LogP contribution in [-0.2, 0) is 28.6 Å². The molecule has 3 aliphatic rings. The van der Waals surface area contributed by atoms with Crippen molar-refractivity contribution in [1.29, 1.82) is 0 Å². The van der Waals surface area contributed by atoms with Crippen molar-refractivity contribution in [3.8, 4) is 0 Å². The standard InChI is InChI=1S/C44H72O11/c1-11-33-16-14-12-13-15-27(4)41(50)43(10,52)42(51)32(9)40(49)31(8)39(48)30(7)38(47)26(3)17-20-37(46)53-36-24-44(54-34(19-18-33)29(36)6)22-21-25(2)35(55-44)23-28(5)45/h12-14,16-17,20,25-36,38,40-41,45,47,49-50,52H,11,15,18-19,21-24H2,1-10H3/b13-12+,16-14+,20-17+/t25-,26-,27+,28-,29+,30-,31-,32-,33-,34-,35+,36+,38+,40-,41-,43+,44-/m0/s1. The van der Waals surface area contributed by atoms with E-state index < -0.39 is 89.0 Å². The summed E-state index contributed by atoms with van der Waals surface area (Å²) in [6.45, 7) is 17.1. The monoisotopic (exact) mass is 777 g/mol. The number of ketones is 2. The van der Waals surface area contributed by atoms with Crippen molar-refractivity contribution in [2.75, 3.05) is 0 Å². The second-order valence-corrected chi connectivity index (χ2v) is 17.6. The number of fused-ring (bicyclic) bond motifs is 2. The Bertz CT molecular complexity index is 1350. The molecule has 314 valence electrons. The summed E-state index contributed by atoms with van der Waals surface area (Å²) in [5.41, 5.74) is -2.18. The molecular weight excluding hydrogens is 704 g/mol. The molecule has 2 saturated heterocycles. The van der Waals surface area contributed by atoms with Crippen LogP contribution in [0.4, 0.5) is 0 Å². The van der Waals surface area contributed by atoms with Crippen LogP contribution in [0.15, 0.2) is 36.5 Å². The number of carbonyl (C=O) groups is 3. The van der Waals surface area contributed by atoms with Crippen molar-refractivity contribution in [3.05, 3.63) is 36.5 Å². The van der Waals surface area contributed by atoms with Gasteiger partial charge in [0, 0.05) is 48.5 Å². The predicted octanol–water partition coefficient (Wildman–Crippen LogP) is 5.64. The van der Waals surface area contributed by atoms with Crippen LogP contribution in [0.2, 0.25) is 0 Å². The second kappa shape index (κ2) is 20.4. The zero-order chi connectivity index (χ0) is 41.4. The van der Waals surface area contributed by atoms with Gasteiger partial charge in [-0.3, -0.25) is 9.59 Å². The Morgan fingerprint density at radius 2 is 1.49 bits per heavy atom. The molecule has 0 aromatic carbocycles. The lowest BCUT2D eigenvalue weighted by Crippen LogP contribution is -2.57. The Labute approximate surface area is 329 Å². The Morgan fingerprint density at radius 3 is 2.13 bits per heavy atom. The number of aliphatic hydroxyl groups excluding tert-OH is 4. The number of hydrogen-bond acceptors (Lipinski definition) is 11. The first-order chi connectivity index (χ1) is 25.6. The molecule has 0 radical (unpaired) electrons. The zero-order valence-corrected chi connectivity index (χ0v) is 35.0. The average molecular weight is 777 g/mol. The van der Waals surface area contributed by atoms with E-state index >= 15 is 0 Å². The van der Waals surface area contributed by atoms with E-state index in [1.54, 1.807) is 20.8 Å². The van der Waals surface area contributed by atoms with Gasteiger partial charge in [-0.25, -0.2) is 4.79 Å². The van der Waals surface area contributed by atoms with Crippen molar-refractivity contribution in [3.63, 3.8) is 0 Å². The van der Waals surface area contributed by atoms with Gasteiger partial charge in [-0.15, -0.1) is 0 Å². The van der Waals surface area contributed by atoms with E-state index in [2.05, 4.69) is 19.9 Å². The summed E-state index contributed by atoms with van der Waals surface area (Å²) in [6.07, 6.45) is 10.1. The van der Waals surface area contributed by atoms with Crippen LogP contribution in [0.1, 0.15) is 121 Å². The number of aliphatic hydroxyl groups is 5. The molecule has 0 aromatic rings. The van der Waals surface area contributed by atoms with Crippen LogP contribution in [-0.4, -0.2) is 97.2 Å². The minimum absolute atomic E-state index is 0.144. The van der Waals surface area contributed by atoms with Gasteiger partial charge in [-0.05, 0) is 70.1 Å². The molecule has 3 rings (SSSR count). The molecule has 55 heavy (non-hydrogen) atoms. The van der Waals surface area contributed by atoms with Gasteiger partial charge in [0.1, 0.15) is 17.5 Å². The van der Waals surface area contributed by atoms with Crippen LogP contribution < -0.4 is 0 Å². The van der Waals surface area contributed by atoms with E-state index in [-0.39, 0.29) is 30.0 Å². The smallest absolute Gasteiger partial charge is 0.330 e. The second-order valence-electron chi connectivity index (χ2n) is 17.6. The van der Waals surface area contributed by atoms with Crippen molar-refractivity contribution >= 4 is 17.5 Å².